The summed E-state index contributed by atoms with van der Waals surface area (Å²) in [5.41, 5.74) is 1.34. The van der Waals surface area contributed by atoms with Gasteiger partial charge in [0.2, 0.25) is 0 Å². The first-order chi connectivity index (χ1) is 8.33. The average Bonchev–Trinajstić information content (AvgIpc) is 2.78. The first kappa shape index (κ1) is 11.8. The molecule has 0 saturated heterocycles. The molecule has 0 amide bonds. The molecule has 4 heteroatoms. The number of hydrogen-bond donors (Lipinski definition) is 1. The highest BCUT2D eigenvalue weighted by atomic mass is 19.1. The number of aromatic nitrogens is 1. The second-order valence-electron chi connectivity index (χ2n) is 3.84. The van der Waals surface area contributed by atoms with Crippen LogP contribution in [0.3, 0.4) is 0 Å². The van der Waals surface area contributed by atoms with E-state index in [2.05, 4.69) is 17.4 Å². The lowest BCUT2D eigenvalue weighted by atomic mass is 10.1. The highest BCUT2D eigenvalue weighted by Crippen LogP contribution is 2.25. The SMILES string of the molecule is CCCNCc1cnoc1-c1ccccc1F. The van der Waals surface area contributed by atoms with Gasteiger partial charge in [-0.1, -0.05) is 24.2 Å². The first-order valence-electron chi connectivity index (χ1n) is 5.72. The number of benzene rings is 1. The summed E-state index contributed by atoms with van der Waals surface area (Å²) in [7, 11) is 0. The summed E-state index contributed by atoms with van der Waals surface area (Å²) < 4.78 is 18.7. The molecule has 0 unspecified atom stereocenters. The Bertz CT molecular complexity index is 482. The minimum Gasteiger partial charge on any atom is -0.356 e. The number of nitrogens with one attached hydrogen (secondary N) is 1. The molecule has 1 heterocycles. The third kappa shape index (κ3) is 2.71. The topological polar surface area (TPSA) is 38.1 Å². The van der Waals surface area contributed by atoms with Crippen molar-refractivity contribution in [1.82, 2.24) is 10.5 Å². The van der Waals surface area contributed by atoms with Gasteiger partial charge in [-0.05, 0) is 25.1 Å². The molecule has 17 heavy (non-hydrogen) atoms. The molecule has 1 aromatic heterocycles. The summed E-state index contributed by atoms with van der Waals surface area (Å²) in [6.45, 7) is 3.65. The van der Waals surface area contributed by atoms with Crippen molar-refractivity contribution in [3.63, 3.8) is 0 Å². The molecular weight excluding hydrogens is 219 g/mol. The van der Waals surface area contributed by atoms with Gasteiger partial charge in [-0.15, -0.1) is 0 Å². The Kier molecular flexibility index (Phi) is 3.88. The smallest absolute Gasteiger partial charge is 0.174 e. The molecule has 0 aliphatic carbocycles. The number of rotatable bonds is 5. The Labute approximate surface area is 99.6 Å². The summed E-state index contributed by atoms with van der Waals surface area (Å²) in [5.74, 6) is 0.215. The van der Waals surface area contributed by atoms with Crippen molar-refractivity contribution < 1.29 is 8.91 Å². The molecule has 0 aliphatic heterocycles. The van der Waals surface area contributed by atoms with E-state index in [9.17, 15) is 4.39 Å². The molecule has 2 aromatic rings. The first-order valence-corrected chi connectivity index (χ1v) is 5.72. The van der Waals surface area contributed by atoms with Gasteiger partial charge in [-0.2, -0.15) is 0 Å². The Hall–Kier alpha value is -1.68. The number of nitrogens with zero attached hydrogens (tertiary/aromatic N) is 1. The monoisotopic (exact) mass is 234 g/mol. The Morgan fingerprint density at radius 2 is 2.18 bits per heavy atom. The van der Waals surface area contributed by atoms with Crippen molar-refractivity contribution in [2.24, 2.45) is 0 Å². The predicted molar refractivity (Wildman–Crippen MR) is 63.9 cm³/mol. The average molecular weight is 234 g/mol. The van der Waals surface area contributed by atoms with Crippen LogP contribution in [-0.4, -0.2) is 11.7 Å². The van der Waals surface area contributed by atoms with Crippen LogP contribution >= 0.6 is 0 Å². The molecule has 1 aromatic carbocycles. The molecule has 0 radical (unpaired) electrons. The second kappa shape index (κ2) is 5.59. The van der Waals surface area contributed by atoms with Crippen molar-refractivity contribution in [1.29, 1.82) is 0 Å². The maximum atomic E-state index is 13.6. The van der Waals surface area contributed by atoms with Crippen molar-refractivity contribution in [3.8, 4) is 11.3 Å². The highest BCUT2D eigenvalue weighted by molar-refractivity contribution is 5.61. The third-order valence-corrected chi connectivity index (χ3v) is 2.50. The van der Waals surface area contributed by atoms with E-state index in [1.165, 1.54) is 6.07 Å². The summed E-state index contributed by atoms with van der Waals surface area (Å²) in [6.07, 6.45) is 2.69. The van der Waals surface area contributed by atoms with Gasteiger partial charge in [0, 0.05) is 12.1 Å². The lowest BCUT2D eigenvalue weighted by molar-refractivity contribution is 0.429. The van der Waals surface area contributed by atoms with Gasteiger partial charge in [0.15, 0.2) is 5.76 Å². The molecule has 1 N–H and O–H groups in total. The molecule has 0 fully saturated rings. The van der Waals surface area contributed by atoms with Gasteiger partial charge in [0.25, 0.3) is 0 Å². The maximum absolute atomic E-state index is 13.6. The number of halogens is 1. The Balaban J connectivity index is 2.22. The molecule has 90 valence electrons. The molecule has 0 spiro atoms. The summed E-state index contributed by atoms with van der Waals surface area (Å²) in [6, 6.07) is 6.55. The van der Waals surface area contributed by atoms with Crippen LogP contribution in [0.5, 0.6) is 0 Å². The van der Waals surface area contributed by atoms with Crippen LogP contribution in [-0.2, 0) is 6.54 Å². The van der Waals surface area contributed by atoms with E-state index < -0.39 is 0 Å². The maximum Gasteiger partial charge on any atom is 0.174 e. The van der Waals surface area contributed by atoms with Crippen LogP contribution in [0, 0.1) is 5.82 Å². The van der Waals surface area contributed by atoms with Crippen molar-refractivity contribution in [3.05, 3.63) is 41.8 Å². The lowest BCUT2D eigenvalue weighted by Crippen LogP contribution is -2.13. The van der Waals surface area contributed by atoms with Crippen LogP contribution in [0.2, 0.25) is 0 Å². The van der Waals surface area contributed by atoms with E-state index >= 15 is 0 Å². The fraction of sp³-hybridized carbons (Fsp3) is 0.308. The van der Waals surface area contributed by atoms with Crippen molar-refractivity contribution in [2.75, 3.05) is 6.54 Å². The quantitative estimate of drug-likeness (QED) is 0.808. The lowest BCUT2D eigenvalue weighted by Gasteiger charge is -2.03. The van der Waals surface area contributed by atoms with Crippen molar-refractivity contribution >= 4 is 0 Å². The zero-order valence-corrected chi connectivity index (χ0v) is 9.74. The minimum absolute atomic E-state index is 0.291. The van der Waals surface area contributed by atoms with Gasteiger partial charge in [-0.25, -0.2) is 4.39 Å². The number of hydrogen-bond acceptors (Lipinski definition) is 3. The standard InChI is InChI=1S/C13H15FN2O/c1-2-7-15-8-10-9-16-17-13(10)11-5-3-4-6-12(11)14/h3-6,9,15H,2,7-8H2,1H3. The fourth-order valence-electron chi connectivity index (χ4n) is 1.65. The van der Waals surface area contributed by atoms with Crippen LogP contribution in [0.15, 0.2) is 35.0 Å². The normalized spacial score (nSPS) is 10.7. The van der Waals surface area contributed by atoms with E-state index in [1.54, 1.807) is 24.4 Å². The van der Waals surface area contributed by atoms with Crippen LogP contribution in [0.25, 0.3) is 11.3 Å². The Morgan fingerprint density at radius 1 is 1.35 bits per heavy atom. The van der Waals surface area contributed by atoms with Gasteiger partial charge >= 0.3 is 0 Å². The largest absolute Gasteiger partial charge is 0.356 e. The molecule has 0 atom stereocenters. The molecule has 3 nitrogen and oxygen atoms in total. The molecule has 2 rings (SSSR count). The van der Waals surface area contributed by atoms with E-state index in [0.29, 0.717) is 17.9 Å². The van der Waals surface area contributed by atoms with E-state index in [0.717, 1.165) is 18.5 Å². The molecule has 0 bridgehead atoms. The van der Waals surface area contributed by atoms with Gasteiger partial charge in [0.05, 0.1) is 11.8 Å². The zero-order valence-electron chi connectivity index (χ0n) is 9.74. The minimum atomic E-state index is -0.291. The summed E-state index contributed by atoms with van der Waals surface area (Å²) in [4.78, 5) is 0. The van der Waals surface area contributed by atoms with Crippen LogP contribution in [0.4, 0.5) is 4.39 Å². The Morgan fingerprint density at radius 3 is 2.94 bits per heavy atom. The van der Waals surface area contributed by atoms with Crippen LogP contribution < -0.4 is 5.32 Å². The van der Waals surface area contributed by atoms with Gasteiger partial charge in [-0.3, -0.25) is 0 Å². The van der Waals surface area contributed by atoms with Gasteiger partial charge < -0.3 is 9.84 Å². The van der Waals surface area contributed by atoms with Crippen LogP contribution in [0.1, 0.15) is 18.9 Å². The zero-order chi connectivity index (χ0) is 12.1. The summed E-state index contributed by atoms with van der Waals surface area (Å²) in [5, 5.41) is 6.98. The summed E-state index contributed by atoms with van der Waals surface area (Å²) >= 11 is 0. The molecule has 0 aliphatic rings. The molecular formula is C13H15FN2O. The predicted octanol–water partition coefficient (Wildman–Crippen LogP) is 2.98. The fourth-order valence-corrected chi connectivity index (χ4v) is 1.65. The third-order valence-electron chi connectivity index (χ3n) is 2.50. The molecule has 0 saturated carbocycles. The second-order valence-corrected chi connectivity index (χ2v) is 3.84. The van der Waals surface area contributed by atoms with E-state index in [-0.39, 0.29) is 5.82 Å². The van der Waals surface area contributed by atoms with Crippen molar-refractivity contribution in [2.45, 2.75) is 19.9 Å². The van der Waals surface area contributed by atoms with E-state index in [4.69, 9.17) is 4.52 Å². The van der Waals surface area contributed by atoms with Gasteiger partial charge in [0.1, 0.15) is 5.82 Å². The highest BCUT2D eigenvalue weighted by Gasteiger charge is 2.13. The van der Waals surface area contributed by atoms with E-state index in [1.807, 2.05) is 0 Å².